The minimum atomic E-state index is -0.547. The zero-order chi connectivity index (χ0) is 19.7. The zero-order valence-corrected chi connectivity index (χ0v) is 15.3. The van der Waals surface area contributed by atoms with E-state index in [1.165, 1.54) is 34.9 Å². The summed E-state index contributed by atoms with van der Waals surface area (Å²) in [5.41, 5.74) is 5.45. The van der Waals surface area contributed by atoms with Gasteiger partial charge in [-0.2, -0.15) is 0 Å². The minimum Gasteiger partial charge on any atom is -0.487 e. The topological polar surface area (TPSA) is 81.5 Å². The Bertz CT molecular complexity index is 1090. The molecule has 0 radical (unpaired) electrons. The number of ether oxygens (including phenoxy) is 1. The molecule has 0 aliphatic heterocycles. The second-order valence-electron chi connectivity index (χ2n) is 6.53. The van der Waals surface area contributed by atoms with E-state index in [9.17, 15) is 14.9 Å². The van der Waals surface area contributed by atoms with Crippen molar-refractivity contribution in [1.29, 1.82) is 0 Å². The molecular formula is C22H18N2O4. The number of carbonyl (C=O) groups excluding carboxylic acids is 1. The first-order valence-electron chi connectivity index (χ1n) is 9.00. The molecule has 0 aromatic heterocycles. The summed E-state index contributed by atoms with van der Waals surface area (Å²) in [5.74, 6) is -0.249. The molecule has 0 unspecified atom stereocenters. The van der Waals surface area contributed by atoms with E-state index < -0.39 is 10.8 Å². The predicted octanol–water partition coefficient (Wildman–Crippen LogP) is 4.82. The van der Waals surface area contributed by atoms with Crippen molar-refractivity contribution in [3.05, 3.63) is 87.5 Å². The number of nitro groups is 1. The van der Waals surface area contributed by atoms with Gasteiger partial charge >= 0.3 is 5.69 Å². The van der Waals surface area contributed by atoms with Crippen LogP contribution in [0, 0.1) is 10.1 Å². The van der Waals surface area contributed by atoms with Crippen molar-refractivity contribution >= 4 is 17.3 Å². The van der Waals surface area contributed by atoms with Gasteiger partial charge in [0.1, 0.15) is 0 Å². The number of carbonyl (C=O) groups is 1. The molecular weight excluding hydrogens is 356 g/mol. The Morgan fingerprint density at radius 1 is 1.07 bits per heavy atom. The van der Waals surface area contributed by atoms with E-state index in [0.29, 0.717) is 12.3 Å². The fourth-order valence-corrected chi connectivity index (χ4v) is 3.50. The van der Waals surface area contributed by atoms with Gasteiger partial charge in [0.2, 0.25) is 0 Å². The molecule has 0 saturated carbocycles. The summed E-state index contributed by atoms with van der Waals surface area (Å²) >= 11 is 0. The first kappa shape index (κ1) is 17.7. The fourth-order valence-electron chi connectivity index (χ4n) is 3.50. The van der Waals surface area contributed by atoms with E-state index in [0.717, 1.165) is 12.0 Å². The third-order valence-corrected chi connectivity index (χ3v) is 4.77. The highest BCUT2D eigenvalue weighted by Gasteiger charge is 2.20. The Hall–Kier alpha value is -3.67. The highest BCUT2D eigenvalue weighted by atomic mass is 16.6. The summed E-state index contributed by atoms with van der Waals surface area (Å²) in [7, 11) is 0. The van der Waals surface area contributed by atoms with Gasteiger partial charge in [-0.05, 0) is 59.9 Å². The van der Waals surface area contributed by atoms with Crippen LogP contribution in [0.4, 0.5) is 11.4 Å². The Morgan fingerprint density at radius 2 is 1.86 bits per heavy atom. The maximum Gasteiger partial charge on any atom is 0.311 e. The molecule has 0 saturated heterocycles. The molecule has 3 aromatic rings. The normalized spacial score (nSPS) is 11.5. The summed E-state index contributed by atoms with van der Waals surface area (Å²) in [5, 5.41) is 14.1. The van der Waals surface area contributed by atoms with Crippen molar-refractivity contribution in [3.63, 3.8) is 0 Å². The van der Waals surface area contributed by atoms with Gasteiger partial charge in [0.25, 0.3) is 5.91 Å². The summed E-state index contributed by atoms with van der Waals surface area (Å²) in [6, 6.07) is 18.3. The molecule has 0 bridgehead atoms. The molecule has 1 N–H and O–H groups in total. The van der Waals surface area contributed by atoms with E-state index in [-0.39, 0.29) is 17.0 Å². The molecule has 3 aromatic carbocycles. The summed E-state index contributed by atoms with van der Waals surface area (Å²) < 4.78 is 5.26. The van der Waals surface area contributed by atoms with Gasteiger partial charge in [0.05, 0.1) is 11.5 Å². The Labute approximate surface area is 161 Å². The average molecular weight is 374 g/mol. The summed E-state index contributed by atoms with van der Waals surface area (Å²) in [6.45, 7) is 2.06. The second-order valence-corrected chi connectivity index (χ2v) is 6.53. The number of hydrogen-bond donors (Lipinski definition) is 1. The Kier molecular flexibility index (Phi) is 4.53. The van der Waals surface area contributed by atoms with Crippen molar-refractivity contribution < 1.29 is 14.5 Å². The van der Waals surface area contributed by atoms with Crippen LogP contribution in [0.3, 0.4) is 0 Å². The van der Waals surface area contributed by atoms with E-state index in [1.54, 1.807) is 6.92 Å². The quantitative estimate of drug-likeness (QED) is 0.401. The van der Waals surface area contributed by atoms with E-state index in [4.69, 9.17) is 4.74 Å². The number of hydrogen-bond acceptors (Lipinski definition) is 4. The monoisotopic (exact) mass is 374 g/mol. The van der Waals surface area contributed by atoms with Crippen LogP contribution in [0.5, 0.6) is 5.75 Å². The molecule has 0 atom stereocenters. The standard InChI is InChI=1S/C22H18N2O4/c1-2-28-21-10-7-15(13-20(21)24(26)27)22(25)23-17-8-9-19-16(12-17)11-14-5-3-4-6-18(14)19/h3-10,12-13H,2,11H2,1H3,(H,23,25). The lowest BCUT2D eigenvalue weighted by Crippen LogP contribution is -2.12. The number of amides is 1. The van der Waals surface area contributed by atoms with Crippen LogP contribution in [0.1, 0.15) is 28.4 Å². The van der Waals surface area contributed by atoms with Gasteiger partial charge in [-0.3, -0.25) is 14.9 Å². The van der Waals surface area contributed by atoms with Crippen LogP contribution in [-0.2, 0) is 6.42 Å². The SMILES string of the molecule is CCOc1ccc(C(=O)Nc2ccc3c(c2)Cc2ccccc2-3)cc1[N+](=O)[O-]. The summed E-state index contributed by atoms with van der Waals surface area (Å²) in [6.07, 6.45) is 0.823. The maximum atomic E-state index is 12.6. The predicted molar refractivity (Wildman–Crippen MR) is 107 cm³/mol. The minimum absolute atomic E-state index is 0.152. The molecule has 0 heterocycles. The third kappa shape index (κ3) is 3.20. The second kappa shape index (κ2) is 7.15. The van der Waals surface area contributed by atoms with Gasteiger partial charge < -0.3 is 10.1 Å². The van der Waals surface area contributed by atoms with Gasteiger partial charge in [0.15, 0.2) is 5.75 Å². The molecule has 28 heavy (non-hydrogen) atoms. The number of rotatable bonds is 5. The number of nitro benzene ring substituents is 1. The third-order valence-electron chi connectivity index (χ3n) is 4.77. The average Bonchev–Trinajstić information content (AvgIpc) is 3.06. The van der Waals surface area contributed by atoms with Crippen molar-refractivity contribution in [2.45, 2.75) is 13.3 Å². The molecule has 6 heteroatoms. The number of nitrogens with one attached hydrogen (secondary N) is 1. The van der Waals surface area contributed by atoms with Crippen molar-refractivity contribution in [3.8, 4) is 16.9 Å². The molecule has 6 nitrogen and oxygen atoms in total. The lowest BCUT2D eigenvalue weighted by molar-refractivity contribution is -0.385. The molecule has 0 fully saturated rings. The number of anilines is 1. The highest BCUT2D eigenvalue weighted by Crippen LogP contribution is 2.37. The van der Waals surface area contributed by atoms with Crippen LogP contribution in [0.2, 0.25) is 0 Å². The lowest BCUT2D eigenvalue weighted by atomic mass is 10.1. The van der Waals surface area contributed by atoms with Crippen LogP contribution in [0.25, 0.3) is 11.1 Å². The van der Waals surface area contributed by atoms with Crippen LogP contribution < -0.4 is 10.1 Å². The summed E-state index contributed by atoms with van der Waals surface area (Å²) in [4.78, 5) is 23.3. The van der Waals surface area contributed by atoms with Crippen LogP contribution >= 0.6 is 0 Å². The molecule has 1 aliphatic rings. The highest BCUT2D eigenvalue weighted by molar-refractivity contribution is 6.05. The molecule has 140 valence electrons. The van der Waals surface area contributed by atoms with E-state index in [1.807, 2.05) is 30.3 Å². The fraction of sp³-hybridized carbons (Fsp3) is 0.136. The molecule has 0 spiro atoms. The van der Waals surface area contributed by atoms with E-state index in [2.05, 4.69) is 17.4 Å². The molecule has 4 rings (SSSR count). The number of benzene rings is 3. The first-order valence-corrected chi connectivity index (χ1v) is 9.00. The Morgan fingerprint density at radius 3 is 2.64 bits per heavy atom. The van der Waals surface area contributed by atoms with Gasteiger partial charge in [-0.25, -0.2) is 0 Å². The number of fused-ring (bicyclic) bond motifs is 3. The Balaban J connectivity index is 1.57. The van der Waals surface area contributed by atoms with Crippen LogP contribution in [0.15, 0.2) is 60.7 Å². The molecule has 1 aliphatic carbocycles. The van der Waals surface area contributed by atoms with E-state index >= 15 is 0 Å². The van der Waals surface area contributed by atoms with Crippen molar-refractivity contribution in [2.75, 3.05) is 11.9 Å². The largest absolute Gasteiger partial charge is 0.487 e. The molecule has 1 amide bonds. The number of nitrogens with zero attached hydrogens (tertiary/aromatic N) is 1. The lowest BCUT2D eigenvalue weighted by Gasteiger charge is -2.09. The van der Waals surface area contributed by atoms with Crippen molar-refractivity contribution in [2.24, 2.45) is 0 Å². The van der Waals surface area contributed by atoms with Gasteiger partial charge in [-0.1, -0.05) is 30.3 Å². The van der Waals surface area contributed by atoms with Gasteiger partial charge in [0, 0.05) is 17.3 Å². The van der Waals surface area contributed by atoms with Crippen LogP contribution in [-0.4, -0.2) is 17.4 Å². The van der Waals surface area contributed by atoms with Gasteiger partial charge in [-0.15, -0.1) is 0 Å². The maximum absolute atomic E-state index is 12.6. The zero-order valence-electron chi connectivity index (χ0n) is 15.3. The first-order chi connectivity index (χ1) is 13.6. The van der Waals surface area contributed by atoms with Crippen molar-refractivity contribution in [1.82, 2.24) is 0 Å². The smallest absolute Gasteiger partial charge is 0.311 e.